The van der Waals surface area contributed by atoms with Gasteiger partial charge in [-0.15, -0.1) is 0 Å². The summed E-state index contributed by atoms with van der Waals surface area (Å²) in [6.45, 7) is 1.77. The summed E-state index contributed by atoms with van der Waals surface area (Å²) in [7, 11) is 0. The summed E-state index contributed by atoms with van der Waals surface area (Å²) < 4.78 is 38.0. The number of halogens is 4. The number of benzene rings is 2. The van der Waals surface area contributed by atoms with Gasteiger partial charge in [0, 0.05) is 5.02 Å². The fourth-order valence-corrected chi connectivity index (χ4v) is 2.54. The minimum atomic E-state index is -4.42. The number of carbonyl (C=O) groups excluding carboxylic acids is 1. The molecule has 0 aliphatic rings. The predicted molar refractivity (Wildman–Crippen MR) is 83.2 cm³/mol. The first-order chi connectivity index (χ1) is 10.8. The van der Waals surface area contributed by atoms with Crippen LogP contribution in [0, 0.1) is 0 Å². The van der Waals surface area contributed by atoms with Gasteiger partial charge in [-0.3, -0.25) is 4.79 Å². The van der Waals surface area contributed by atoms with E-state index in [0.717, 1.165) is 17.7 Å². The molecule has 23 heavy (non-hydrogen) atoms. The first kappa shape index (κ1) is 17.3. The maximum Gasteiger partial charge on any atom is 0.416 e. The summed E-state index contributed by atoms with van der Waals surface area (Å²) in [5, 5.41) is 3.27. The molecule has 2 nitrogen and oxygen atoms in total. The second-order valence-electron chi connectivity index (χ2n) is 5.19. The molecule has 122 valence electrons. The van der Waals surface area contributed by atoms with Crippen molar-refractivity contribution in [1.29, 1.82) is 0 Å². The van der Waals surface area contributed by atoms with Gasteiger partial charge in [-0.2, -0.15) is 13.2 Å². The average Bonchev–Trinajstić information content (AvgIpc) is 2.46. The second-order valence-corrected chi connectivity index (χ2v) is 5.59. The Labute approximate surface area is 137 Å². The Hall–Kier alpha value is -2.01. The predicted octanol–water partition coefficient (Wildman–Crippen LogP) is 4.78. The molecule has 1 N–H and O–H groups in total. The second kappa shape index (κ2) is 7.04. The van der Waals surface area contributed by atoms with E-state index >= 15 is 0 Å². The number of hydrogen-bond acceptors (Lipinski definition) is 1. The van der Waals surface area contributed by atoms with Gasteiger partial charge in [-0.05, 0) is 30.2 Å². The van der Waals surface area contributed by atoms with Crippen molar-refractivity contribution in [3.8, 4) is 0 Å². The average molecular weight is 342 g/mol. The Bertz CT molecular complexity index is 700. The number of rotatable bonds is 4. The zero-order valence-corrected chi connectivity index (χ0v) is 13.1. The van der Waals surface area contributed by atoms with Crippen molar-refractivity contribution < 1.29 is 18.0 Å². The molecule has 0 aliphatic heterocycles. The maximum absolute atomic E-state index is 12.7. The number of hydrogen-bond donors (Lipinski definition) is 1. The van der Waals surface area contributed by atoms with Crippen molar-refractivity contribution in [2.24, 2.45) is 0 Å². The van der Waals surface area contributed by atoms with Crippen molar-refractivity contribution in [1.82, 2.24) is 5.32 Å². The highest BCUT2D eigenvalue weighted by Crippen LogP contribution is 2.29. The van der Waals surface area contributed by atoms with Crippen LogP contribution in [-0.2, 0) is 17.4 Å². The zero-order valence-electron chi connectivity index (χ0n) is 12.3. The fraction of sp³-hybridized carbons (Fsp3) is 0.235. The van der Waals surface area contributed by atoms with E-state index in [-0.39, 0.29) is 18.4 Å². The van der Waals surface area contributed by atoms with E-state index in [1.807, 2.05) is 0 Å². The van der Waals surface area contributed by atoms with Gasteiger partial charge in [0.05, 0.1) is 18.0 Å². The van der Waals surface area contributed by atoms with Crippen molar-refractivity contribution in [3.63, 3.8) is 0 Å². The Balaban J connectivity index is 2.04. The summed E-state index contributed by atoms with van der Waals surface area (Å²) in [6.07, 6.45) is -4.55. The van der Waals surface area contributed by atoms with Crippen LogP contribution in [0.25, 0.3) is 0 Å². The minimum Gasteiger partial charge on any atom is -0.349 e. The summed E-state index contributed by atoms with van der Waals surface area (Å²) >= 11 is 6.06. The molecule has 6 heteroatoms. The van der Waals surface area contributed by atoms with Crippen LogP contribution in [0.5, 0.6) is 0 Å². The highest BCUT2D eigenvalue weighted by Gasteiger charge is 2.30. The van der Waals surface area contributed by atoms with E-state index in [0.29, 0.717) is 10.6 Å². The minimum absolute atomic E-state index is 0.126. The van der Waals surface area contributed by atoms with Gasteiger partial charge in [0.2, 0.25) is 5.91 Å². The van der Waals surface area contributed by atoms with Crippen LogP contribution in [0.2, 0.25) is 5.02 Å². The topological polar surface area (TPSA) is 29.1 Å². The largest absolute Gasteiger partial charge is 0.416 e. The molecule has 0 heterocycles. The Kier molecular flexibility index (Phi) is 5.31. The van der Waals surface area contributed by atoms with Crippen molar-refractivity contribution in [2.45, 2.75) is 25.6 Å². The summed E-state index contributed by atoms with van der Waals surface area (Å²) in [6, 6.07) is 11.5. The summed E-state index contributed by atoms with van der Waals surface area (Å²) in [4.78, 5) is 12.0. The lowest BCUT2D eigenvalue weighted by atomic mass is 10.1. The number of carbonyl (C=O) groups is 1. The third kappa shape index (κ3) is 4.73. The lowest BCUT2D eigenvalue weighted by Crippen LogP contribution is -2.28. The maximum atomic E-state index is 12.7. The fourth-order valence-electron chi connectivity index (χ4n) is 2.24. The van der Waals surface area contributed by atoms with Crippen molar-refractivity contribution in [2.75, 3.05) is 0 Å². The van der Waals surface area contributed by atoms with Gasteiger partial charge in [0.25, 0.3) is 0 Å². The molecular weight excluding hydrogens is 327 g/mol. The molecule has 0 saturated heterocycles. The molecule has 0 unspecified atom stereocenters. The monoisotopic (exact) mass is 341 g/mol. The van der Waals surface area contributed by atoms with Crippen LogP contribution in [0.3, 0.4) is 0 Å². The number of alkyl halides is 3. The highest BCUT2D eigenvalue weighted by atomic mass is 35.5. The summed E-state index contributed by atoms with van der Waals surface area (Å²) in [5.41, 5.74) is 0.303. The van der Waals surface area contributed by atoms with Gasteiger partial charge in [0.1, 0.15) is 0 Å². The van der Waals surface area contributed by atoms with Crippen LogP contribution < -0.4 is 5.32 Å². The zero-order chi connectivity index (χ0) is 17.0. The summed E-state index contributed by atoms with van der Waals surface area (Å²) in [5.74, 6) is -0.364. The lowest BCUT2D eigenvalue weighted by molar-refractivity contribution is -0.137. The van der Waals surface area contributed by atoms with Crippen LogP contribution in [0.1, 0.15) is 29.7 Å². The molecule has 0 radical (unpaired) electrons. The van der Waals surface area contributed by atoms with Gasteiger partial charge in [-0.25, -0.2) is 0 Å². The van der Waals surface area contributed by atoms with Gasteiger partial charge < -0.3 is 5.32 Å². The molecule has 0 aliphatic carbocycles. The third-order valence-corrected chi connectivity index (χ3v) is 3.71. The molecule has 0 fully saturated rings. The van der Waals surface area contributed by atoms with Gasteiger partial charge >= 0.3 is 6.18 Å². The molecule has 0 bridgehead atoms. The molecular formula is C17H15ClF3NO. The van der Waals surface area contributed by atoms with E-state index in [2.05, 4.69) is 5.32 Å². The quantitative estimate of drug-likeness (QED) is 0.852. The molecule has 1 atom stereocenters. The van der Waals surface area contributed by atoms with E-state index in [1.165, 1.54) is 12.1 Å². The van der Waals surface area contributed by atoms with E-state index in [4.69, 9.17) is 11.6 Å². The number of nitrogens with one attached hydrogen (secondary N) is 1. The van der Waals surface area contributed by atoms with Crippen LogP contribution >= 0.6 is 11.6 Å². The number of amides is 1. The molecule has 2 aromatic rings. The van der Waals surface area contributed by atoms with Crippen LogP contribution in [0.15, 0.2) is 48.5 Å². The third-order valence-electron chi connectivity index (χ3n) is 3.37. The molecule has 2 aromatic carbocycles. The normalized spacial score (nSPS) is 12.7. The van der Waals surface area contributed by atoms with Gasteiger partial charge in [-0.1, -0.05) is 48.0 Å². The molecule has 0 saturated carbocycles. The van der Waals surface area contributed by atoms with Crippen LogP contribution in [-0.4, -0.2) is 5.91 Å². The highest BCUT2D eigenvalue weighted by molar-refractivity contribution is 6.31. The van der Waals surface area contributed by atoms with Crippen molar-refractivity contribution >= 4 is 17.5 Å². The van der Waals surface area contributed by atoms with E-state index in [1.54, 1.807) is 31.2 Å². The first-order valence-corrected chi connectivity index (χ1v) is 7.35. The van der Waals surface area contributed by atoms with E-state index in [9.17, 15) is 18.0 Å². The Morgan fingerprint density at radius 1 is 1.17 bits per heavy atom. The van der Waals surface area contributed by atoms with Crippen LogP contribution in [0.4, 0.5) is 13.2 Å². The molecule has 0 aromatic heterocycles. The molecule has 2 rings (SSSR count). The SMILES string of the molecule is C[C@@H](NC(=O)Cc1cccc(C(F)(F)F)c1)c1ccccc1Cl. The van der Waals surface area contributed by atoms with Crippen molar-refractivity contribution in [3.05, 3.63) is 70.2 Å². The smallest absolute Gasteiger partial charge is 0.349 e. The Morgan fingerprint density at radius 2 is 1.87 bits per heavy atom. The lowest BCUT2D eigenvalue weighted by Gasteiger charge is -2.16. The first-order valence-electron chi connectivity index (χ1n) is 6.97. The molecule has 1 amide bonds. The Morgan fingerprint density at radius 3 is 2.52 bits per heavy atom. The van der Waals surface area contributed by atoms with Gasteiger partial charge in [0.15, 0.2) is 0 Å². The molecule has 0 spiro atoms. The van der Waals surface area contributed by atoms with E-state index < -0.39 is 11.7 Å². The standard InChI is InChI=1S/C17H15ClF3NO/c1-11(14-7-2-3-8-15(14)18)22-16(23)10-12-5-4-6-13(9-12)17(19,20)21/h2-9,11H,10H2,1H3,(H,22,23)/t11-/m1/s1.